The van der Waals surface area contributed by atoms with Crippen LogP contribution in [0.4, 0.5) is 11.5 Å². The molecule has 0 unspecified atom stereocenters. The standard InChI is InChI=1S/C20H18N4O/c1-13-10-15-12-16(4-7-18(15)22-13)23-19-8-9-21-20(24-19)11-14-2-5-17(25)6-3-14/h2-10,12,22,25H,11H2,1H3,(H,21,23,24). The monoisotopic (exact) mass is 330 g/mol. The zero-order chi connectivity index (χ0) is 17.2. The van der Waals surface area contributed by atoms with Gasteiger partial charge < -0.3 is 15.4 Å². The Hall–Kier alpha value is -3.34. The van der Waals surface area contributed by atoms with Crippen LogP contribution in [-0.4, -0.2) is 20.1 Å². The summed E-state index contributed by atoms with van der Waals surface area (Å²) < 4.78 is 0. The molecule has 4 aromatic rings. The molecule has 2 aromatic heterocycles. The van der Waals surface area contributed by atoms with E-state index < -0.39 is 0 Å². The lowest BCUT2D eigenvalue weighted by Gasteiger charge is -2.07. The molecule has 0 atom stereocenters. The van der Waals surface area contributed by atoms with Crippen LogP contribution < -0.4 is 5.32 Å². The average molecular weight is 330 g/mol. The summed E-state index contributed by atoms with van der Waals surface area (Å²) in [6.07, 6.45) is 2.37. The first-order valence-corrected chi connectivity index (χ1v) is 8.12. The Kier molecular flexibility index (Phi) is 3.82. The van der Waals surface area contributed by atoms with Crippen LogP contribution in [0.2, 0.25) is 0 Å². The van der Waals surface area contributed by atoms with Gasteiger partial charge in [-0.3, -0.25) is 0 Å². The molecule has 0 amide bonds. The summed E-state index contributed by atoms with van der Waals surface area (Å²) in [4.78, 5) is 12.2. The number of hydrogen-bond acceptors (Lipinski definition) is 4. The molecule has 3 N–H and O–H groups in total. The number of aromatic nitrogens is 3. The largest absolute Gasteiger partial charge is 0.508 e. The second kappa shape index (κ2) is 6.28. The number of nitrogens with zero attached hydrogens (tertiary/aromatic N) is 2. The van der Waals surface area contributed by atoms with E-state index in [4.69, 9.17) is 0 Å². The number of phenolic OH excluding ortho intramolecular Hbond substituents is 1. The lowest BCUT2D eigenvalue weighted by atomic mass is 10.1. The fourth-order valence-electron chi connectivity index (χ4n) is 2.85. The van der Waals surface area contributed by atoms with Gasteiger partial charge in [-0.1, -0.05) is 12.1 Å². The van der Waals surface area contributed by atoms with Gasteiger partial charge in [0.05, 0.1) is 0 Å². The number of rotatable bonds is 4. The highest BCUT2D eigenvalue weighted by atomic mass is 16.3. The second-order valence-electron chi connectivity index (χ2n) is 6.08. The maximum Gasteiger partial charge on any atom is 0.135 e. The molecule has 2 aromatic carbocycles. The molecule has 0 aliphatic carbocycles. The molecule has 0 bridgehead atoms. The van der Waals surface area contributed by atoms with Crippen molar-refractivity contribution in [2.24, 2.45) is 0 Å². The fraction of sp³-hybridized carbons (Fsp3) is 0.100. The van der Waals surface area contributed by atoms with E-state index in [1.54, 1.807) is 18.3 Å². The number of aromatic amines is 1. The second-order valence-corrected chi connectivity index (χ2v) is 6.08. The fourth-order valence-corrected chi connectivity index (χ4v) is 2.85. The van der Waals surface area contributed by atoms with Gasteiger partial charge in [-0.25, -0.2) is 9.97 Å². The van der Waals surface area contributed by atoms with Crippen LogP contribution in [0.5, 0.6) is 5.75 Å². The minimum Gasteiger partial charge on any atom is -0.508 e. The minimum atomic E-state index is 0.260. The van der Waals surface area contributed by atoms with Gasteiger partial charge in [0.25, 0.3) is 0 Å². The van der Waals surface area contributed by atoms with E-state index in [9.17, 15) is 5.11 Å². The quantitative estimate of drug-likeness (QED) is 0.521. The number of aromatic hydroxyl groups is 1. The van der Waals surface area contributed by atoms with Gasteiger partial charge in [-0.15, -0.1) is 0 Å². The van der Waals surface area contributed by atoms with Gasteiger partial charge in [0.1, 0.15) is 17.4 Å². The molecule has 25 heavy (non-hydrogen) atoms. The molecule has 4 rings (SSSR count). The Labute approximate surface area is 145 Å². The summed E-state index contributed by atoms with van der Waals surface area (Å²) in [5.41, 5.74) is 4.31. The molecule has 0 aliphatic heterocycles. The Morgan fingerprint density at radius 1 is 1.04 bits per heavy atom. The highest BCUT2D eigenvalue weighted by molar-refractivity contribution is 5.84. The third-order valence-electron chi connectivity index (χ3n) is 4.03. The molecule has 0 aliphatic rings. The molecule has 0 fully saturated rings. The number of H-pyrrole nitrogens is 1. The number of nitrogens with one attached hydrogen (secondary N) is 2. The SMILES string of the molecule is Cc1cc2cc(Nc3ccnc(Cc4ccc(O)cc4)n3)ccc2[nH]1. The van der Waals surface area contributed by atoms with E-state index in [-0.39, 0.29) is 5.75 Å². The van der Waals surface area contributed by atoms with E-state index in [2.05, 4.69) is 38.5 Å². The lowest BCUT2D eigenvalue weighted by molar-refractivity contribution is 0.475. The maximum atomic E-state index is 9.36. The normalized spacial score (nSPS) is 10.9. The van der Waals surface area contributed by atoms with E-state index in [0.717, 1.165) is 34.1 Å². The predicted molar refractivity (Wildman–Crippen MR) is 99.3 cm³/mol. The first-order valence-electron chi connectivity index (χ1n) is 8.12. The van der Waals surface area contributed by atoms with Crippen molar-refractivity contribution in [1.82, 2.24) is 15.0 Å². The van der Waals surface area contributed by atoms with Crippen molar-refractivity contribution in [2.75, 3.05) is 5.32 Å². The van der Waals surface area contributed by atoms with Crippen molar-refractivity contribution in [3.8, 4) is 5.75 Å². The predicted octanol–water partition coefficient (Wildman–Crippen LogP) is 4.31. The number of benzene rings is 2. The smallest absolute Gasteiger partial charge is 0.135 e. The van der Waals surface area contributed by atoms with Crippen molar-refractivity contribution in [3.05, 3.63) is 77.9 Å². The molecule has 0 saturated heterocycles. The van der Waals surface area contributed by atoms with Crippen LogP contribution in [0, 0.1) is 6.92 Å². The number of phenols is 1. The Morgan fingerprint density at radius 2 is 1.88 bits per heavy atom. The summed E-state index contributed by atoms with van der Waals surface area (Å²) in [5.74, 6) is 1.75. The van der Waals surface area contributed by atoms with Crippen LogP contribution in [-0.2, 0) is 6.42 Å². The van der Waals surface area contributed by atoms with Crippen LogP contribution in [0.3, 0.4) is 0 Å². The van der Waals surface area contributed by atoms with Gasteiger partial charge in [-0.2, -0.15) is 0 Å². The summed E-state index contributed by atoms with van der Waals surface area (Å²) in [5, 5.41) is 13.9. The first-order chi connectivity index (χ1) is 12.2. The van der Waals surface area contributed by atoms with Gasteiger partial charge in [0.2, 0.25) is 0 Å². The number of aryl methyl sites for hydroxylation is 1. The number of hydrogen-bond donors (Lipinski definition) is 3. The highest BCUT2D eigenvalue weighted by Crippen LogP contribution is 2.22. The average Bonchev–Trinajstić information content (AvgIpc) is 2.97. The summed E-state index contributed by atoms with van der Waals surface area (Å²) >= 11 is 0. The highest BCUT2D eigenvalue weighted by Gasteiger charge is 2.04. The molecule has 0 saturated carbocycles. The first kappa shape index (κ1) is 15.2. The Morgan fingerprint density at radius 3 is 2.72 bits per heavy atom. The van der Waals surface area contributed by atoms with Crippen molar-refractivity contribution in [1.29, 1.82) is 0 Å². The topological polar surface area (TPSA) is 73.8 Å². The van der Waals surface area contributed by atoms with Gasteiger partial charge in [0, 0.05) is 34.9 Å². The van der Waals surface area contributed by atoms with E-state index in [0.29, 0.717) is 6.42 Å². The Balaban J connectivity index is 1.54. The number of anilines is 2. The molecule has 5 heteroatoms. The van der Waals surface area contributed by atoms with Gasteiger partial charge in [0.15, 0.2) is 0 Å². The minimum absolute atomic E-state index is 0.260. The number of fused-ring (bicyclic) bond motifs is 1. The summed E-state index contributed by atoms with van der Waals surface area (Å²) in [6, 6.07) is 17.3. The molecule has 124 valence electrons. The molecule has 5 nitrogen and oxygen atoms in total. The molecule has 0 spiro atoms. The van der Waals surface area contributed by atoms with Crippen LogP contribution in [0.15, 0.2) is 60.8 Å². The summed E-state index contributed by atoms with van der Waals surface area (Å²) in [7, 11) is 0. The molecular formula is C20H18N4O. The van der Waals surface area contributed by atoms with Gasteiger partial charge >= 0.3 is 0 Å². The van der Waals surface area contributed by atoms with Crippen molar-refractivity contribution in [2.45, 2.75) is 13.3 Å². The molecule has 0 radical (unpaired) electrons. The van der Waals surface area contributed by atoms with Crippen LogP contribution in [0.25, 0.3) is 10.9 Å². The third-order valence-corrected chi connectivity index (χ3v) is 4.03. The zero-order valence-corrected chi connectivity index (χ0v) is 13.8. The van der Waals surface area contributed by atoms with Crippen LogP contribution >= 0.6 is 0 Å². The lowest BCUT2D eigenvalue weighted by Crippen LogP contribution is -2.00. The van der Waals surface area contributed by atoms with Crippen molar-refractivity contribution in [3.63, 3.8) is 0 Å². The molecular weight excluding hydrogens is 312 g/mol. The van der Waals surface area contributed by atoms with Crippen LogP contribution in [0.1, 0.15) is 17.1 Å². The maximum absolute atomic E-state index is 9.36. The van der Waals surface area contributed by atoms with Crippen molar-refractivity contribution < 1.29 is 5.11 Å². The third kappa shape index (κ3) is 3.45. The van der Waals surface area contributed by atoms with Crippen molar-refractivity contribution >= 4 is 22.4 Å². The molecule has 2 heterocycles. The summed E-state index contributed by atoms with van der Waals surface area (Å²) in [6.45, 7) is 2.05. The van der Waals surface area contributed by atoms with E-state index in [1.165, 1.54) is 5.39 Å². The van der Waals surface area contributed by atoms with Gasteiger partial charge in [-0.05, 0) is 55.0 Å². The zero-order valence-electron chi connectivity index (χ0n) is 13.8. The Bertz CT molecular complexity index is 1020. The van der Waals surface area contributed by atoms with E-state index >= 15 is 0 Å². The van der Waals surface area contributed by atoms with E-state index in [1.807, 2.05) is 31.2 Å².